The van der Waals surface area contributed by atoms with Gasteiger partial charge in [-0.2, -0.15) is 0 Å². The molecule has 0 aromatic rings. The molecular formula is C6H10N4O2. The largest absolute Gasteiger partial charge is 0.362 e. The molecule has 0 spiro atoms. The van der Waals surface area contributed by atoms with Gasteiger partial charge in [0.05, 0.1) is 6.34 Å². The van der Waals surface area contributed by atoms with Gasteiger partial charge in [0.15, 0.2) is 0 Å². The Kier molecular flexibility index (Phi) is 2.76. The van der Waals surface area contributed by atoms with Gasteiger partial charge < -0.3 is 5.32 Å². The molecule has 0 bridgehead atoms. The molecule has 12 heavy (non-hydrogen) atoms. The Morgan fingerprint density at radius 2 is 2.50 bits per heavy atom. The molecule has 0 aromatic heterocycles. The summed E-state index contributed by atoms with van der Waals surface area (Å²) in [6, 6.07) is -0.500. The quantitative estimate of drug-likeness (QED) is 0.420. The lowest BCUT2D eigenvalue weighted by molar-refractivity contribution is -0.126. The Balaban J connectivity index is 2.52. The van der Waals surface area contributed by atoms with Crippen LogP contribution in [0.25, 0.3) is 0 Å². The van der Waals surface area contributed by atoms with Crippen LogP contribution in [0.5, 0.6) is 0 Å². The Labute approximate surface area is 69.4 Å². The molecule has 1 heterocycles. The van der Waals surface area contributed by atoms with Gasteiger partial charge in [-0.15, -0.1) is 0 Å². The molecule has 6 nitrogen and oxygen atoms in total. The van der Waals surface area contributed by atoms with Crippen LogP contribution in [0.15, 0.2) is 4.99 Å². The summed E-state index contributed by atoms with van der Waals surface area (Å²) in [5.74, 6) is -0.387. The molecule has 0 aliphatic carbocycles. The second-order valence-electron chi connectivity index (χ2n) is 2.28. The van der Waals surface area contributed by atoms with Crippen LogP contribution in [0.4, 0.5) is 0 Å². The fourth-order valence-electron chi connectivity index (χ4n) is 0.989. The topological polar surface area (TPSA) is 82.6 Å². The predicted molar refractivity (Wildman–Crippen MR) is 42.5 cm³/mol. The number of imide groups is 1. The first-order valence-electron chi connectivity index (χ1n) is 3.48. The van der Waals surface area contributed by atoms with Crippen LogP contribution < -0.4 is 16.0 Å². The average Bonchev–Trinajstić information content (AvgIpc) is 2.51. The van der Waals surface area contributed by atoms with E-state index in [0.29, 0.717) is 6.41 Å². The van der Waals surface area contributed by atoms with Gasteiger partial charge in [-0.25, -0.2) is 0 Å². The van der Waals surface area contributed by atoms with E-state index in [9.17, 15) is 9.59 Å². The van der Waals surface area contributed by atoms with Crippen LogP contribution in [-0.4, -0.2) is 37.9 Å². The number of nitrogens with zero attached hydrogens (tertiary/aromatic N) is 1. The molecule has 1 aliphatic rings. The smallest absolute Gasteiger partial charge is 0.252 e. The molecule has 1 aliphatic heterocycles. The summed E-state index contributed by atoms with van der Waals surface area (Å²) in [6.07, 6.45) is 1.50. The van der Waals surface area contributed by atoms with Crippen molar-refractivity contribution >= 4 is 18.7 Å². The van der Waals surface area contributed by atoms with Gasteiger partial charge in [0.1, 0.15) is 12.2 Å². The minimum atomic E-state index is -0.500. The molecule has 2 unspecified atom stereocenters. The van der Waals surface area contributed by atoms with Crippen molar-refractivity contribution in [2.75, 3.05) is 7.05 Å². The third kappa shape index (κ3) is 1.59. The summed E-state index contributed by atoms with van der Waals surface area (Å²) < 4.78 is 0. The number of aliphatic imine (C=N–C) groups is 1. The van der Waals surface area contributed by atoms with E-state index in [0.717, 1.165) is 0 Å². The van der Waals surface area contributed by atoms with Crippen LogP contribution in [0.1, 0.15) is 0 Å². The van der Waals surface area contributed by atoms with Gasteiger partial charge in [0.25, 0.3) is 5.91 Å². The Morgan fingerprint density at radius 1 is 1.75 bits per heavy atom. The van der Waals surface area contributed by atoms with Gasteiger partial charge in [-0.05, 0) is 7.05 Å². The van der Waals surface area contributed by atoms with Crippen LogP contribution >= 0.6 is 0 Å². The number of rotatable bonds is 3. The second kappa shape index (κ2) is 3.82. The molecule has 2 atom stereocenters. The molecule has 3 N–H and O–H groups in total. The zero-order valence-corrected chi connectivity index (χ0v) is 6.57. The zero-order valence-electron chi connectivity index (χ0n) is 6.57. The predicted octanol–water partition coefficient (Wildman–Crippen LogP) is -2.20. The molecule has 0 radical (unpaired) electrons. The van der Waals surface area contributed by atoms with Crippen molar-refractivity contribution in [1.29, 1.82) is 0 Å². The summed E-state index contributed by atoms with van der Waals surface area (Å²) in [4.78, 5) is 25.0. The molecule has 6 heteroatoms. The second-order valence-corrected chi connectivity index (χ2v) is 2.28. The highest BCUT2D eigenvalue weighted by molar-refractivity contribution is 5.92. The number of amides is 2. The first kappa shape index (κ1) is 8.66. The minimum absolute atomic E-state index is 0.301. The highest BCUT2D eigenvalue weighted by Gasteiger charge is 2.28. The lowest BCUT2D eigenvalue weighted by Gasteiger charge is -2.14. The molecule has 0 saturated heterocycles. The number of nitrogens with one attached hydrogen (secondary N) is 3. The zero-order chi connectivity index (χ0) is 8.97. The van der Waals surface area contributed by atoms with E-state index in [-0.39, 0.29) is 12.1 Å². The molecule has 0 saturated carbocycles. The molecule has 2 amide bonds. The Morgan fingerprint density at radius 3 is 3.08 bits per heavy atom. The number of carbonyl (C=O) groups is 2. The van der Waals surface area contributed by atoms with Crippen LogP contribution in [0.2, 0.25) is 0 Å². The van der Waals surface area contributed by atoms with Gasteiger partial charge in [-0.1, -0.05) is 0 Å². The van der Waals surface area contributed by atoms with E-state index in [1.54, 1.807) is 7.05 Å². The molecular weight excluding hydrogens is 160 g/mol. The summed E-state index contributed by atoms with van der Waals surface area (Å²) >= 11 is 0. The maximum absolute atomic E-state index is 11.1. The van der Waals surface area contributed by atoms with E-state index in [2.05, 4.69) is 15.6 Å². The summed E-state index contributed by atoms with van der Waals surface area (Å²) in [5, 5.41) is 7.58. The number of carbonyl (C=O) groups excluding carboxylic acids is 2. The maximum Gasteiger partial charge on any atom is 0.252 e. The van der Waals surface area contributed by atoms with Crippen molar-refractivity contribution in [1.82, 2.24) is 16.0 Å². The number of hydrogen-bond acceptors (Lipinski definition) is 5. The van der Waals surface area contributed by atoms with Crippen molar-refractivity contribution in [3.8, 4) is 0 Å². The van der Waals surface area contributed by atoms with Crippen LogP contribution in [0, 0.1) is 0 Å². The van der Waals surface area contributed by atoms with Crippen LogP contribution in [0.3, 0.4) is 0 Å². The molecule has 0 fully saturated rings. The molecule has 1 rings (SSSR count). The fraction of sp³-hybridized carbons (Fsp3) is 0.500. The molecule has 66 valence electrons. The van der Waals surface area contributed by atoms with Gasteiger partial charge in [0, 0.05) is 0 Å². The Hall–Kier alpha value is -1.43. The lowest BCUT2D eigenvalue weighted by atomic mass is 10.2. The van der Waals surface area contributed by atoms with Crippen LogP contribution in [-0.2, 0) is 9.59 Å². The van der Waals surface area contributed by atoms with Gasteiger partial charge in [0.2, 0.25) is 6.41 Å². The van der Waals surface area contributed by atoms with Crippen molar-refractivity contribution in [3.05, 3.63) is 0 Å². The van der Waals surface area contributed by atoms with Crippen molar-refractivity contribution in [2.24, 2.45) is 4.99 Å². The summed E-state index contributed by atoms with van der Waals surface area (Å²) in [5.41, 5.74) is 0. The number of likely N-dealkylation sites (N-methyl/N-ethyl adjacent to an activating group) is 1. The summed E-state index contributed by atoms with van der Waals surface area (Å²) in [6.45, 7) is 0. The monoisotopic (exact) mass is 170 g/mol. The van der Waals surface area contributed by atoms with E-state index in [1.165, 1.54) is 6.34 Å². The first-order chi connectivity index (χ1) is 5.79. The van der Waals surface area contributed by atoms with Crippen molar-refractivity contribution in [2.45, 2.75) is 12.2 Å². The third-order valence-corrected chi connectivity index (χ3v) is 1.58. The SMILES string of the molecule is CNC1N=CNC1C(=O)NC=O. The minimum Gasteiger partial charge on any atom is -0.362 e. The maximum atomic E-state index is 11.1. The lowest BCUT2D eigenvalue weighted by Crippen LogP contribution is -2.50. The normalized spacial score (nSPS) is 26.4. The van der Waals surface area contributed by atoms with E-state index in [4.69, 9.17) is 0 Å². The highest BCUT2D eigenvalue weighted by atomic mass is 16.2. The van der Waals surface area contributed by atoms with E-state index in [1.807, 2.05) is 5.32 Å². The average molecular weight is 170 g/mol. The Bertz CT molecular complexity index is 216. The number of hydrogen-bond donors (Lipinski definition) is 3. The molecule has 0 aromatic carbocycles. The van der Waals surface area contributed by atoms with Crippen molar-refractivity contribution < 1.29 is 9.59 Å². The highest BCUT2D eigenvalue weighted by Crippen LogP contribution is 1.99. The third-order valence-electron chi connectivity index (χ3n) is 1.58. The van der Waals surface area contributed by atoms with E-state index >= 15 is 0 Å². The summed E-state index contributed by atoms with van der Waals surface area (Å²) in [7, 11) is 1.69. The van der Waals surface area contributed by atoms with Gasteiger partial charge >= 0.3 is 0 Å². The first-order valence-corrected chi connectivity index (χ1v) is 3.48. The van der Waals surface area contributed by atoms with Crippen molar-refractivity contribution in [3.63, 3.8) is 0 Å². The fourth-order valence-corrected chi connectivity index (χ4v) is 0.989. The standard InChI is InChI=1S/C6H10N4O2/c1-7-5-4(8-2-9-5)6(12)10-3-11/h2-5,7H,1H3,(H,8,9)(H,10,11,12). The van der Waals surface area contributed by atoms with E-state index < -0.39 is 6.04 Å². The van der Waals surface area contributed by atoms with Gasteiger partial charge in [-0.3, -0.25) is 25.2 Å².